The summed E-state index contributed by atoms with van der Waals surface area (Å²) in [6.45, 7) is 4.27. The molecule has 2 aliphatic rings. The van der Waals surface area contributed by atoms with Crippen LogP contribution in [0.2, 0.25) is 5.02 Å². The minimum Gasteiger partial charge on any atom is -0.486 e. The maximum atomic E-state index is 12.8. The fourth-order valence-electron chi connectivity index (χ4n) is 4.20. The minimum atomic E-state index is -0.225. The number of carbonyl (C=O) groups excluding carboxylic acids is 1. The van der Waals surface area contributed by atoms with Gasteiger partial charge in [0, 0.05) is 41.9 Å². The zero-order chi connectivity index (χ0) is 23.7. The first-order chi connectivity index (χ1) is 16.5. The number of benzene rings is 2. The number of anilines is 2. The summed E-state index contributed by atoms with van der Waals surface area (Å²) >= 11 is 6.24. The lowest BCUT2D eigenvalue weighted by atomic mass is 9.96. The highest BCUT2D eigenvalue weighted by Crippen LogP contribution is 2.33. The zero-order valence-electron chi connectivity index (χ0n) is 18.8. The summed E-state index contributed by atoms with van der Waals surface area (Å²) in [7, 11) is 0. The van der Waals surface area contributed by atoms with Crippen LogP contribution < -0.4 is 25.2 Å². The number of ether oxygens (including phenoxy) is 2. The number of piperidine rings is 1. The third kappa shape index (κ3) is 4.59. The molecule has 5 rings (SSSR count). The van der Waals surface area contributed by atoms with E-state index in [4.69, 9.17) is 21.1 Å². The van der Waals surface area contributed by atoms with Crippen LogP contribution in [0.15, 0.2) is 53.3 Å². The van der Waals surface area contributed by atoms with Crippen molar-refractivity contribution in [2.75, 3.05) is 36.5 Å². The highest BCUT2D eigenvalue weighted by Gasteiger charge is 2.26. The maximum absolute atomic E-state index is 12.8. The van der Waals surface area contributed by atoms with Crippen molar-refractivity contribution in [3.05, 3.63) is 69.5 Å². The van der Waals surface area contributed by atoms with Crippen molar-refractivity contribution < 1.29 is 14.3 Å². The van der Waals surface area contributed by atoms with E-state index in [0.29, 0.717) is 72.9 Å². The Labute approximate surface area is 202 Å². The Bertz CT molecular complexity index is 1280. The molecule has 2 aliphatic heterocycles. The van der Waals surface area contributed by atoms with Gasteiger partial charge in [0.05, 0.1) is 5.69 Å². The summed E-state index contributed by atoms with van der Waals surface area (Å²) in [5.41, 5.74) is 2.03. The highest BCUT2D eigenvalue weighted by atomic mass is 35.5. The molecule has 1 amide bonds. The van der Waals surface area contributed by atoms with E-state index in [-0.39, 0.29) is 17.4 Å². The molecule has 0 aliphatic carbocycles. The molecule has 1 fully saturated rings. The molecule has 176 valence electrons. The van der Waals surface area contributed by atoms with E-state index in [1.54, 1.807) is 18.2 Å². The molecule has 8 nitrogen and oxygen atoms in total. The SMILES string of the molecule is Cc1ccc(-n2nc(N3CCC(C(=O)Nc4ccc5c(c4)OCCO5)CC3)ccc2=O)cc1Cl. The molecule has 2 aromatic carbocycles. The van der Waals surface area contributed by atoms with Gasteiger partial charge in [0.1, 0.15) is 19.0 Å². The minimum absolute atomic E-state index is 0.0106. The molecule has 0 radical (unpaired) electrons. The van der Waals surface area contributed by atoms with Gasteiger partial charge in [-0.3, -0.25) is 9.59 Å². The second-order valence-corrected chi connectivity index (χ2v) is 8.89. The number of carbonyl (C=O) groups is 1. The van der Waals surface area contributed by atoms with Gasteiger partial charge >= 0.3 is 0 Å². The van der Waals surface area contributed by atoms with E-state index in [9.17, 15) is 9.59 Å². The van der Waals surface area contributed by atoms with Crippen molar-refractivity contribution >= 4 is 29.0 Å². The standard InChI is InChI=1S/C25H25ClN4O4/c1-16-2-4-19(15-20(16)26)30-24(31)7-6-23(28-30)29-10-8-17(9-11-29)25(32)27-18-3-5-21-22(14-18)34-13-12-33-21/h2-7,14-15,17H,8-13H2,1H3,(H,27,32). The van der Waals surface area contributed by atoms with E-state index in [1.807, 2.05) is 31.2 Å². The summed E-state index contributed by atoms with van der Waals surface area (Å²) in [6, 6.07) is 14.1. The molecule has 0 unspecified atom stereocenters. The highest BCUT2D eigenvalue weighted by molar-refractivity contribution is 6.31. The Balaban J connectivity index is 1.24. The molecule has 3 aromatic rings. The van der Waals surface area contributed by atoms with Crippen molar-refractivity contribution in [1.29, 1.82) is 0 Å². The van der Waals surface area contributed by atoms with Crippen LogP contribution in [0, 0.1) is 12.8 Å². The Morgan fingerprint density at radius 3 is 2.56 bits per heavy atom. The average molecular weight is 481 g/mol. The molecule has 0 bridgehead atoms. The average Bonchev–Trinajstić information content (AvgIpc) is 2.86. The molecule has 0 saturated carbocycles. The van der Waals surface area contributed by atoms with E-state index in [0.717, 1.165) is 5.56 Å². The summed E-state index contributed by atoms with van der Waals surface area (Å²) in [5, 5.41) is 8.14. The summed E-state index contributed by atoms with van der Waals surface area (Å²) in [6.07, 6.45) is 1.38. The molecule has 3 heterocycles. The summed E-state index contributed by atoms with van der Waals surface area (Å²) in [4.78, 5) is 27.4. The lowest BCUT2D eigenvalue weighted by molar-refractivity contribution is -0.120. The van der Waals surface area contributed by atoms with Gasteiger partial charge in [0.2, 0.25) is 5.91 Å². The molecule has 1 saturated heterocycles. The van der Waals surface area contributed by atoms with Crippen molar-refractivity contribution in [2.45, 2.75) is 19.8 Å². The van der Waals surface area contributed by atoms with Gasteiger partial charge in [0.25, 0.3) is 5.56 Å². The first-order valence-corrected chi connectivity index (χ1v) is 11.7. The van der Waals surface area contributed by atoms with E-state index < -0.39 is 0 Å². The second kappa shape index (κ2) is 9.38. The maximum Gasteiger partial charge on any atom is 0.271 e. The van der Waals surface area contributed by atoms with E-state index >= 15 is 0 Å². The Morgan fingerprint density at radius 1 is 1.03 bits per heavy atom. The summed E-state index contributed by atoms with van der Waals surface area (Å²) < 4.78 is 12.5. The van der Waals surface area contributed by atoms with Gasteiger partial charge < -0.3 is 19.7 Å². The first-order valence-electron chi connectivity index (χ1n) is 11.3. The van der Waals surface area contributed by atoms with Crippen LogP contribution in [0.25, 0.3) is 5.69 Å². The lowest BCUT2D eigenvalue weighted by Gasteiger charge is -2.32. The van der Waals surface area contributed by atoms with Gasteiger partial charge in [-0.05, 0) is 55.7 Å². The summed E-state index contributed by atoms with van der Waals surface area (Å²) in [5.74, 6) is 1.92. The fraction of sp³-hybridized carbons (Fsp3) is 0.320. The van der Waals surface area contributed by atoms with Gasteiger partial charge in [-0.1, -0.05) is 17.7 Å². The van der Waals surface area contributed by atoms with Crippen molar-refractivity contribution in [3.8, 4) is 17.2 Å². The number of fused-ring (bicyclic) bond motifs is 1. The van der Waals surface area contributed by atoms with Crippen molar-refractivity contribution in [1.82, 2.24) is 9.78 Å². The number of halogens is 1. The number of aryl methyl sites for hydroxylation is 1. The van der Waals surface area contributed by atoms with Gasteiger partial charge in [-0.2, -0.15) is 4.68 Å². The quantitative estimate of drug-likeness (QED) is 0.611. The smallest absolute Gasteiger partial charge is 0.271 e. The Hall–Kier alpha value is -3.52. The molecule has 34 heavy (non-hydrogen) atoms. The van der Waals surface area contributed by atoms with Crippen LogP contribution >= 0.6 is 11.6 Å². The first kappa shape index (κ1) is 22.3. The van der Waals surface area contributed by atoms with Crippen LogP contribution in [0.4, 0.5) is 11.5 Å². The van der Waals surface area contributed by atoms with Gasteiger partial charge in [-0.25, -0.2) is 0 Å². The van der Waals surface area contributed by atoms with Crippen LogP contribution in [0.5, 0.6) is 11.5 Å². The van der Waals surface area contributed by atoms with E-state index in [1.165, 1.54) is 10.7 Å². The monoisotopic (exact) mass is 480 g/mol. The van der Waals surface area contributed by atoms with Crippen LogP contribution in [-0.4, -0.2) is 42.0 Å². The number of nitrogens with one attached hydrogen (secondary N) is 1. The van der Waals surface area contributed by atoms with E-state index in [2.05, 4.69) is 15.3 Å². The van der Waals surface area contributed by atoms with Crippen molar-refractivity contribution in [2.24, 2.45) is 5.92 Å². The molecule has 1 aromatic heterocycles. The molecule has 0 spiro atoms. The predicted molar refractivity (Wildman–Crippen MR) is 131 cm³/mol. The van der Waals surface area contributed by atoms with Crippen molar-refractivity contribution in [3.63, 3.8) is 0 Å². The van der Waals surface area contributed by atoms with Crippen LogP contribution in [0.1, 0.15) is 18.4 Å². The topological polar surface area (TPSA) is 85.7 Å². The zero-order valence-corrected chi connectivity index (χ0v) is 19.5. The molecule has 9 heteroatoms. The third-order valence-electron chi connectivity index (χ3n) is 6.19. The normalized spacial score (nSPS) is 15.8. The largest absolute Gasteiger partial charge is 0.486 e. The number of nitrogens with zero attached hydrogens (tertiary/aromatic N) is 3. The van der Waals surface area contributed by atoms with Gasteiger partial charge in [-0.15, -0.1) is 5.10 Å². The van der Waals surface area contributed by atoms with Gasteiger partial charge in [0.15, 0.2) is 11.5 Å². The molecule has 0 atom stereocenters. The van der Waals surface area contributed by atoms with Crippen LogP contribution in [0.3, 0.4) is 0 Å². The molecular weight excluding hydrogens is 456 g/mol. The number of hydrogen-bond donors (Lipinski definition) is 1. The fourth-order valence-corrected chi connectivity index (χ4v) is 4.38. The number of rotatable bonds is 4. The Morgan fingerprint density at radius 2 is 1.79 bits per heavy atom. The second-order valence-electron chi connectivity index (χ2n) is 8.48. The number of hydrogen-bond acceptors (Lipinski definition) is 6. The molecule has 1 N–H and O–H groups in total. The predicted octanol–water partition coefficient (Wildman–Crippen LogP) is 3.82. The number of aromatic nitrogens is 2. The lowest BCUT2D eigenvalue weighted by Crippen LogP contribution is -2.39. The Kier molecular flexibility index (Phi) is 6.15. The van der Waals surface area contributed by atoms with Crippen LogP contribution in [-0.2, 0) is 4.79 Å². The third-order valence-corrected chi connectivity index (χ3v) is 6.59. The molecular formula is C25H25ClN4O4. The number of amides is 1.